The van der Waals surface area contributed by atoms with Gasteiger partial charge in [-0.3, -0.25) is 9.88 Å². The highest BCUT2D eigenvalue weighted by molar-refractivity contribution is 5.84. The van der Waals surface area contributed by atoms with Crippen molar-refractivity contribution in [3.8, 4) is 12.6 Å². The van der Waals surface area contributed by atoms with Gasteiger partial charge in [-0.05, 0) is 76.0 Å². The van der Waals surface area contributed by atoms with Crippen molar-refractivity contribution in [3.63, 3.8) is 0 Å². The number of amides is 1. The van der Waals surface area contributed by atoms with Crippen molar-refractivity contribution in [1.82, 2.24) is 9.97 Å². The Bertz CT molecular complexity index is 1160. The monoisotopic (exact) mass is 532 g/mol. The average molecular weight is 533 g/mol. The van der Waals surface area contributed by atoms with Crippen molar-refractivity contribution in [2.75, 3.05) is 22.9 Å². The number of aromatic nitrogens is 2. The van der Waals surface area contributed by atoms with Gasteiger partial charge in [0.2, 0.25) is 0 Å². The predicted molar refractivity (Wildman–Crippen MR) is 152 cm³/mol. The molecule has 1 aromatic carbocycles. The lowest BCUT2D eigenvalue weighted by molar-refractivity contribution is 0.0734. The molecule has 1 fully saturated rings. The maximum atomic E-state index is 12.1. The van der Waals surface area contributed by atoms with Crippen molar-refractivity contribution in [2.45, 2.75) is 71.8 Å². The summed E-state index contributed by atoms with van der Waals surface area (Å²) in [7, 11) is 0. The molecule has 0 spiro atoms. The summed E-state index contributed by atoms with van der Waals surface area (Å²) in [5.41, 5.74) is 2.07. The van der Waals surface area contributed by atoms with Gasteiger partial charge in [-0.15, -0.1) is 0 Å². The molecule has 39 heavy (non-hydrogen) atoms. The molecule has 1 aliphatic rings. The zero-order valence-electron chi connectivity index (χ0n) is 23.4. The maximum absolute atomic E-state index is 12.1. The Hall–Kier alpha value is -3.95. The molecule has 2 atom stereocenters. The Morgan fingerprint density at radius 3 is 2.46 bits per heavy atom. The Labute approximate surface area is 232 Å². The molecule has 9 heteroatoms. The van der Waals surface area contributed by atoms with Gasteiger partial charge in [-0.1, -0.05) is 31.9 Å². The van der Waals surface area contributed by atoms with Crippen LogP contribution in [0.2, 0.25) is 0 Å². The number of aryl methyl sites for hydroxylation is 1. The fourth-order valence-corrected chi connectivity index (χ4v) is 4.91. The van der Waals surface area contributed by atoms with Crippen LogP contribution in [0.1, 0.15) is 76.1 Å². The van der Waals surface area contributed by atoms with E-state index in [1.54, 1.807) is 13.8 Å². The standard InChI is InChI=1S/C29H39N5O3.CHN/c1-5-6-7-13-33(25-15-22(16-30)12-11-21(25)2)19-23-9-8-10-24(14-23)20-34(28(35)36)27-18-31-26(17-32-27)29(3,4)37;1-2/h7,11-13,15,17-18,23-24,37H,5-6,8-10,14,19-20H2,1-4H3,(H,35,36);1H/b13-7+;. The van der Waals surface area contributed by atoms with Crippen LogP contribution in [0.3, 0.4) is 0 Å². The molecule has 0 radical (unpaired) electrons. The van der Waals surface area contributed by atoms with E-state index < -0.39 is 11.7 Å². The van der Waals surface area contributed by atoms with E-state index in [9.17, 15) is 20.3 Å². The lowest BCUT2D eigenvalue weighted by atomic mass is 9.80. The number of carboxylic acid groups (broad SMARTS) is 1. The van der Waals surface area contributed by atoms with E-state index in [1.165, 1.54) is 17.3 Å². The van der Waals surface area contributed by atoms with Gasteiger partial charge < -0.3 is 15.1 Å². The molecule has 2 N–H and O–H groups in total. The van der Waals surface area contributed by atoms with E-state index in [4.69, 9.17) is 5.26 Å². The Morgan fingerprint density at radius 1 is 1.21 bits per heavy atom. The van der Waals surface area contributed by atoms with Crippen molar-refractivity contribution >= 4 is 17.6 Å². The van der Waals surface area contributed by atoms with Crippen molar-refractivity contribution < 1.29 is 15.0 Å². The molecular formula is C30H40N6O3. The van der Waals surface area contributed by atoms with Crippen molar-refractivity contribution in [1.29, 1.82) is 10.5 Å². The van der Waals surface area contributed by atoms with Gasteiger partial charge in [0.05, 0.1) is 29.7 Å². The smallest absolute Gasteiger partial charge is 0.413 e. The normalized spacial score (nSPS) is 17.1. The largest absolute Gasteiger partial charge is 0.465 e. The Balaban J connectivity index is 0.00000260. The van der Waals surface area contributed by atoms with E-state index in [1.807, 2.05) is 18.2 Å². The third-order valence-corrected chi connectivity index (χ3v) is 6.95. The van der Waals surface area contributed by atoms with Gasteiger partial charge in [0.1, 0.15) is 5.60 Å². The predicted octanol–water partition coefficient (Wildman–Crippen LogP) is 6.14. The summed E-state index contributed by atoms with van der Waals surface area (Å²) < 4.78 is 0. The van der Waals surface area contributed by atoms with Crippen LogP contribution in [0.4, 0.5) is 16.3 Å². The number of hydrogen-bond acceptors (Lipinski definition) is 7. The number of carbonyl (C=O) groups is 1. The first-order valence-corrected chi connectivity index (χ1v) is 13.4. The highest BCUT2D eigenvalue weighted by Gasteiger charge is 2.29. The Morgan fingerprint density at radius 2 is 1.90 bits per heavy atom. The molecule has 1 saturated carbocycles. The van der Waals surface area contributed by atoms with E-state index in [2.05, 4.69) is 53.6 Å². The minimum atomic E-state index is -1.14. The zero-order chi connectivity index (χ0) is 29.0. The molecular weight excluding hydrogens is 492 g/mol. The number of rotatable bonds is 10. The van der Waals surface area contributed by atoms with Gasteiger partial charge in [0.15, 0.2) is 5.82 Å². The number of nitriles is 2. The first kappa shape index (κ1) is 31.3. The molecule has 208 valence electrons. The summed E-state index contributed by atoms with van der Waals surface area (Å²) in [5, 5.41) is 36.0. The van der Waals surface area contributed by atoms with E-state index in [0.29, 0.717) is 23.7 Å². The molecule has 2 unspecified atom stereocenters. The SMILES string of the molecule is C#N.CCC/C=C/N(CC1CCCC(CN(C(=O)O)c2cnc(C(C)(C)O)cn2)C1)c1cc(C#N)ccc1C. The fourth-order valence-electron chi connectivity index (χ4n) is 4.91. The number of benzene rings is 1. The van der Waals surface area contributed by atoms with Gasteiger partial charge in [-0.2, -0.15) is 5.26 Å². The van der Waals surface area contributed by atoms with Gasteiger partial charge >= 0.3 is 6.09 Å². The van der Waals surface area contributed by atoms with Crippen LogP contribution in [0, 0.1) is 41.9 Å². The molecule has 1 aromatic heterocycles. The quantitative estimate of drug-likeness (QED) is 0.372. The topological polar surface area (TPSA) is 137 Å². The lowest BCUT2D eigenvalue weighted by Gasteiger charge is -2.35. The highest BCUT2D eigenvalue weighted by atomic mass is 16.4. The van der Waals surface area contributed by atoms with Gasteiger partial charge in [-0.25, -0.2) is 15.0 Å². The van der Waals surface area contributed by atoms with Crippen LogP contribution in [0.15, 0.2) is 42.9 Å². The van der Waals surface area contributed by atoms with Crippen LogP contribution < -0.4 is 9.80 Å². The van der Waals surface area contributed by atoms with Crippen LogP contribution in [0.5, 0.6) is 0 Å². The molecule has 0 bridgehead atoms. The zero-order valence-corrected chi connectivity index (χ0v) is 23.4. The van der Waals surface area contributed by atoms with Gasteiger partial charge in [0, 0.05) is 31.5 Å². The summed E-state index contributed by atoms with van der Waals surface area (Å²) in [6.45, 7) is 12.1. The summed E-state index contributed by atoms with van der Waals surface area (Å²) in [6.07, 6.45) is 12.2. The number of aliphatic hydroxyl groups is 1. The molecule has 3 rings (SSSR count). The van der Waals surface area contributed by atoms with Crippen molar-refractivity contribution in [2.24, 2.45) is 11.8 Å². The summed E-state index contributed by atoms with van der Waals surface area (Å²) >= 11 is 0. The van der Waals surface area contributed by atoms with Crippen molar-refractivity contribution in [3.05, 3.63) is 59.7 Å². The van der Waals surface area contributed by atoms with Gasteiger partial charge in [0.25, 0.3) is 0 Å². The fraction of sp³-hybridized carbons (Fsp3) is 0.500. The molecule has 9 nitrogen and oxygen atoms in total. The molecule has 1 amide bonds. The first-order chi connectivity index (χ1) is 18.6. The van der Waals surface area contributed by atoms with E-state index in [-0.39, 0.29) is 11.7 Å². The highest BCUT2D eigenvalue weighted by Crippen LogP contribution is 2.33. The third-order valence-electron chi connectivity index (χ3n) is 6.95. The maximum Gasteiger partial charge on any atom is 0.413 e. The molecule has 1 aliphatic carbocycles. The number of nitrogens with zero attached hydrogens (tertiary/aromatic N) is 6. The summed E-state index contributed by atoms with van der Waals surface area (Å²) in [4.78, 5) is 24.2. The third kappa shape index (κ3) is 9.08. The second kappa shape index (κ2) is 14.8. The second-order valence-electron chi connectivity index (χ2n) is 10.5. The molecule has 0 aliphatic heterocycles. The number of hydrogen-bond donors (Lipinski definition) is 2. The molecule has 2 aromatic rings. The van der Waals surface area contributed by atoms with Crippen LogP contribution >= 0.6 is 0 Å². The summed E-state index contributed by atoms with van der Waals surface area (Å²) in [6, 6.07) is 8.04. The van der Waals surface area contributed by atoms with E-state index in [0.717, 1.165) is 56.3 Å². The first-order valence-electron chi connectivity index (χ1n) is 13.4. The van der Waals surface area contributed by atoms with Crippen LogP contribution in [-0.4, -0.2) is 39.4 Å². The molecule has 0 saturated heterocycles. The second-order valence-corrected chi connectivity index (χ2v) is 10.5. The number of unbranched alkanes of at least 4 members (excludes halogenated alkanes) is 1. The number of allylic oxidation sites excluding steroid dienone is 1. The average Bonchev–Trinajstić information content (AvgIpc) is 2.92. The minimum absolute atomic E-state index is 0.207. The Kier molecular flexibility index (Phi) is 11.9. The van der Waals surface area contributed by atoms with E-state index >= 15 is 0 Å². The lowest BCUT2D eigenvalue weighted by Crippen LogP contribution is -2.38. The van der Waals surface area contributed by atoms with Crippen LogP contribution in [-0.2, 0) is 5.60 Å². The minimum Gasteiger partial charge on any atom is -0.465 e. The number of anilines is 2. The summed E-state index contributed by atoms with van der Waals surface area (Å²) in [5.74, 6) is 0.878. The van der Waals surface area contributed by atoms with Crippen LogP contribution in [0.25, 0.3) is 0 Å². The molecule has 1 heterocycles.